The van der Waals surface area contributed by atoms with Crippen LogP contribution in [0.4, 0.5) is 5.69 Å². The second-order valence-electron chi connectivity index (χ2n) is 2.93. The molecule has 1 rings (SSSR count). The molecule has 2 N–H and O–H groups in total. The van der Waals surface area contributed by atoms with Gasteiger partial charge >= 0.3 is 0 Å². The van der Waals surface area contributed by atoms with Crippen molar-refractivity contribution in [3.63, 3.8) is 0 Å². The van der Waals surface area contributed by atoms with Crippen molar-refractivity contribution in [3.8, 4) is 0 Å². The number of benzene rings is 1. The lowest BCUT2D eigenvalue weighted by Gasteiger charge is -2.06. The van der Waals surface area contributed by atoms with Gasteiger partial charge in [0.1, 0.15) is 0 Å². The average Bonchev–Trinajstić information content (AvgIpc) is 2.05. The maximum absolute atomic E-state index is 8.99. The van der Waals surface area contributed by atoms with Crippen molar-refractivity contribution in [2.75, 3.05) is 11.9 Å². The highest BCUT2D eigenvalue weighted by Gasteiger charge is 1.94. The molecule has 12 heavy (non-hydrogen) atoms. The van der Waals surface area contributed by atoms with Crippen molar-refractivity contribution >= 4 is 5.69 Å². The second-order valence-corrected chi connectivity index (χ2v) is 2.93. The Balaban J connectivity index is 2.25. The Morgan fingerprint density at radius 2 is 2.00 bits per heavy atom. The van der Waals surface area contributed by atoms with Gasteiger partial charge in [-0.25, -0.2) is 0 Å². The molecule has 0 aliphatic heterocycles. The van der Waals surface area contributed by atoms with Crippen LogP contribution in [-0.2, 0) is 0 Å². The number of hydrogen-bond donors (Lipinski definition) is 2. The predicted molar refractivity (Wildman–Crippen MR) is 51.2 cm³/mol. The minimum absolute atomic E-state index is 0.221. The van der Waals surface area contributed by atoms with Gasteiger partial charge in [0.15, 0.2) is 0 Å². The smallest absolute Gasteiger partial charge is 0.0528 e. The van der Waals surface area contributed by atoms with Crippen LogP contribution < -0.4 is 5.32 Å². The molecule has 0 bridgehead atoms. The van der Waals surface area contributed by atoms with Gasteiger partial charge in [-0.15, -0.1) is 0 Å². The highest BCUT2D eigenvalue weighted by molar-refractivity contribution is 5.42. The van der Waals surface area contributed by atoms with Crippen LogP contribution in [0, 0.1) is 0 Å². The first kappa shape index (κ1) is 9.07. The quantitative estimate of drug-likeness (QED) is 0.713. The van der Waals surface area contributed by atoms with Gasteiger partial charge in [0.05, 0.1) is 6.10 Å². The van der Waals surface area contributed by atoms with Crippen molar-refractivity contribution in [2.24, 2.45) is 0 Å². The third-order valence-corrected chi connectivity index (χ3v) is 1.67. The topological polar surface area (TPSA) is 32.3 Å². The van der Waals surface area contributed by atoms with Gasteiger partial charge in [-0.05, 0) is 25.5 Å². The fourth-order valence-electron chi connectivity index (χ4n) is 0.981. The lowest BCUT2D eigenvalue weighted by atomic mass is 10.2. The average molecular weight is 165 g/mol. The summed E-state index contributed by atoms with van der Waals surface area (Å²) in [4.78, 5) is 0. The summed E-state index contributed by atoms with van der Waals surface area (Å²) in [5.74, 6) is 0. The number of hydrogen-bond acceptors (Lipinski definition) is 2. The Hall–Kier alpha value is -1.02. The van der Waals surface area contributed by atoms with Crippen molar-refractivity contribution < 1.29 is 5.11 Å². The van der Waals surface area contributed by atoms with Crippen molar-refractivity contribution in [2.45, 2.75) is 19.4 Å². The van der Waals surface area contributed by atoms with E-state index in [1.165, 1.54) is 0 Å². The van der Waals surface area contributed by atoms with E-state index in [-0.39, 0.29) is 6.10 Å². The number of aliphatic hydroxyl groups excluding tert-OH is 1. The highest BCUT2D eigenvalue weighted by atomic mass is 16.3. The first-order chi connectivity index (χ1) is 5.79. The first-order valence-corrected chi connectivity index (χ1v) is 4.26. The molecule has 0 radical (unpaired) electrons. The molecule has 2 nitrogen and oxygen atoms in total. The molecule has 0 saturated heterocycles. The maximum atomic E-state index is 8.99. The number of nitrogens with one attached hydrogen (secondary N) is 1. The van der Waals surface area contributed by atoms with Gasteiger partial charge in [0.2, 0.25) is 0 Å². The van der Waals surface area contributed by atoms with E-state index in [1.54, 1.807) is 6.92 Å². The van der Waals surface area contributed by atoms with Gasteiger partial charge in [0.25, 0.3) is 0 Å². The van der Waals surface area contributed by atoms with Gasteiger partial charge in [-0.2, -0.15) is 0 Å². The largest absolute Gasteiger partial charge is 0.393 e. The van der Waals surface area contributed by atoms with E-state index in [0.717, 1.165) is 18.7 Å². The molecule has 0 spiro atoms. The zero-order valence-corrected chi connectivity index (χ0v) is 7.33. The summed E-state index contributed by atoms with van der Waals surface area (Å²) >= 11 is 0. The number of para-hydroxylation sites is 1. The molecule has 1 aromatic rings. The molecular formula is C10H15NO. The van der Waals surface area contributed by atoms with E-state index in [2.05, 4.69) is 5.32 Å². The molecule has 0 aliphatic rings. The highest BCUT2D eigenvalue weighted by Crippen LogP contribution is 2.04. The van der Waals surface area contributed by atoms with Crippen LogP contribution in [0.5, 0.6) is 0 Å². The number of rotatable bonds is 4. The zero-order valence-electron chi connectivity index (χ0n) is 7.33. The lowest BCUT2D eigenvalue weighted by Crippen LogP contribution is -2.09. The molecule has 0 heterocycles. The summed E-state index contributed by atoms with van der Waals surface area (Å²) in [7, 11) is 0. The molecule has 1 aromatic carbocycles. The molecule has 2 heteroatoms. The van der Waals surface area contributed by atoms with Crippen LogP contribution >= 0.6 is 0 Å². The summed E-state index contributed by atoms with van der Waals surface area (Å²) in [6.45, 7) is 2.62. The van der Waals surface area contributed by atoms with Crippen LogP contribution in [0.25, 0.3) is 0 Å². The van der Waals surface area contributed by atoms with E-state index < -0.39 is 0 Å². The molecule has 66 valence electrons. The third-order valence-electron chi connectivity index (χ3n) is 1.67. The Kier molecular flexibility index (Phi) is 3.61. The Labute approximate surface area is 73.2 Å². The van der Waals surface area contributed by atoms with E-state index in [9.17, 15) is 0 Å². The monoisotopic (exact) mass is 165 g/mol. The minimum Gasteiger partial charge on any atom is -0.393 e. The molecule has 0 amide bonds. The van der Waals surface area contributed by atoms with Crippen LogP contribution in [0.3, 0.4) is 0 Å². The van der Waals surface area contributed by atoms with Crippen LogP contribution in [0.2, 0.25) is 0 Å². The zero-order chi connectivity index (χ0) is 8.81. The summed E-state index contributed by atoms with van der Waals surface area (Å²) in [6.07, 6.45) is 0.566. The molecule has 0 saturated carbocycles. The maximum Gasteiger partial charge on any atom is 0.0528 e. The second kappa shape index (κ2) is 4.78. The fourth-order valence-corrected chi connectivity index (χ4v) is 0.981. The van der Waals surface area contributed by atoms with E-state index in [0.29, 0.717) is 0 Å². The minimum atomic E-state index is -0.221. The lowest BCUT2D eigenvalue weighted by molar-refractivity contribution is 0.189. The SMILES string of the molecule is CC(O)CCNc1ccccc1. The summed E-state index contributed by atoms with van der Waals surface area (Å²) < 4.78 is 0. The van der Waals surface area contributed by atoms with E-state index in [1.807, 2.05) is 30.3 Å². The normalized spacial score (nSPS) is 12.5. The molecule has 0 aromatic heterocycles. The number of aliphatic hydroxyl groups is 1. The first-order valence-electron chi connectivity index (χ1n) is 4.26. The molecule has 0 fully saturated rings. The Morgan fingerprint density at radius 3 is 2.58 bits per heavy atom. The molecule has 1 atom stereocenters. The Bertz CT molecular complexity index is 208. The fraction of sp³-hybridized carbons (Fsp3) is 0.400. The van der Waals surface area contributed by atoms with Crippen molar-refractivity contribution in [1.82, 2.24) is 0 Å². The molecular weight excluding hydrogens is 150 g/mol. The standard InChI is InChI=1S/C10H15NO/c1-9(12)7-8-11-10-5-3-2-4-6-10/h2-6,9,11-12H,7-8H2,1H3. The Morgan fingerprint density at radius 1 is 1.33 bits per heavy atom. The van der Waals surface area contributed by atoms with Crippen molar-refractivity contribution in [3.05, 3.63) is 30.3 Å². The van der Waals surface area contributed by atoms with Crippen LogP contribution in [-0.4, -0.2) is 17.8 Å². The predicted octanol–water partition coefficient (Wildman–Crippen LogP) is 1.87. The summed E-state index contributed by atoms with van der Waals surface area (Å²) in [5.41, 5.74) is 1.11. The number of anilines is 1. The summed E-state index contributed by atoms with van der Waals surface area (Å²) in [5, 5.41) is 12.2. The van der Waals surface area contributed by atoms with Crippen molar-refractivity contribution in [1.29, 1.82) is 0 Å². The molecule has 1 unspecified atom stereocenters. The van der Waals surface area contributed by atoms with E-state index >= 15 is 0 Å². The summed E-state index contributed by atoms with van der Waals surface area (Å²) in [6, 6.07) is 10.00. The third kappa shape index (κ3) is 3.39. The van der Waals surface area contributed by atoms with Crippen LogP contribution in [0.1, 0.15) is 13.3 Å². The molecule has 0 aliphatic carbocycles. The van der Waals surface area contributed by atoms with Gasteiger partial charge in [-0.3, -0.25) is 0 Å². The van der Waals surface area contributed by atoms with Gasteiger partial charge in [0, 0.05) is 12.2 Å². The van der Waals surface area contributed by atoms with Gasteiger partial charge < -0.3 is 10.4 Å². The van der Waals surface area contributed by atoms with Crippen LogP contribution in [0.15, 0.2) is 30.3 Å². The van der Waals surface area contributed by atoms with E-state index in [4.69, 9.17) is 5.11 Å². The van der Waals surface area contributed by atoms with Gasteiger partial charge in [-0.1, -0.05) is 18.2 Å².